The number of hydrogen-bond acceptors (Lipinski definition) is 5. The third-order valence-corrected chi connectivity index (χ3v) is 6.75. The van der Waals surface area contributed by atoms with Gasteiger partial charge in [0.2, 0.25) is 0 Å². The average Bonchev–Trinajstić information content (AvgIpc) is 3.11. The lowest BCUT2D eigenvalue weighted by atomic mass is 10.1. The van der Waals surface area contributed by atoms with Gasteiger partial charge in [0.15, 0.2) is 5.96 Å². The zero-order valence-electron chi connectivity index (χ0n) is 19.2. The zero-order valence-corrected chi connectivity index (χ0v) is 20.0. The monoisotopic (exact) mass is 443 g/mol. The number of hydrogen-bond donors (Lipinski definition) is 2. The van der Waals surface area contributed by atoms with Crippen LogP contribution in [-0.4, -0.2) is 61.8 Å². The first-order valence-electron chi connectivity index (χ1n) is 11.4. The second-order valence-corrected chi connectivity index (χ2v) is 9.39. The van der Waals surface area contributed by atoms with Gasteiger partial charge in [-0.2, -0.15) is 0 Å². The maximum Gasteiger partial charge on any atom is 0.190 e. The highest BCUT2D eigenvalue weighted by molar-refractivity contribution is 7.11. The largest absolute Gasteiger partial charge is 0.378 e. The van der Waals surface area contributed by atoms with E-state index in [1.54, 1.807) is 11.3 Å². The Morgan fingerprint density at radius 1 is 1.16 bits per heavy atom. The average molecular weight is 444 g/mol. The van der Waals surface area contributed by atoms with E-state index in [1.165, 1.54) is 10.4 Å². The van der Waals surface area contributed by atoms with Crippen LogP contribution in [0.25, 0.3) is 0 Å². The molecule has 2 heterocycles. The Labute approximate surface area is 191 Å². The fraction of sp³-hybridized carbons (Fsp3) is 0.583. The molecule has 1 aromatic carbocycles. The van der Waals surface area contributed by atoms with Crippen LogP contribution in [0.2, 0.25) is 0 Å². The highest BCUT2D eigenvalue weighted by Gasteiger charge is 2.19. The summed E-state index contributed by atoms with van der Waals surface area (Å²) in [7, 11) is 1.82. The number of piperidine rings is 1. The molecule has 7 heteroatoms. The van der Waals surface area contributed by atoms with Crippen LogP contribution in [-0.2, 0) is 17.7 Å². The minimum atomic E-state index is 0.399. The van der Waals surface area contributed by atoms with Crippen molar-refractivity contribution in [2.24, 2.45) is 4.99 Å². The molecule has 31 heavy (non-hydrogen) atoms. The van der Waals surface area contributed by atoms with Gasteiger partial charge in [0.1, 0.15) is 0 Å². The van der Waals surface area contributed by atoms with Gasteiger partial charge in [0.25, 0.3) is 0 Å². The zero-order chi connectivity index (χ0) is 21.9. The van der Waals surface area contributed by atoms with E-state index in [2.05, 4.69) is 69.7 Å². The SMILES string of the molecule is CN=C(NCCCOC1CCN(Cc2ccccc2)CC1)NCCc1sc(C)nc1C. The van der Waals surface area contributed by atoms with E-state index >= 15 is 0 Å². The topological polar surface area (TPSA) is 61.8 Å². The van der Waals surface area contributed by atoms with E-state index in [9.17, 15) is 0 Å². The van der Waals surface area contributed by atoms with Gasteiger partial charge >= 0.3 is 0 Å². The molecule has 170 valence electrons. The molecule has 0 saturated carbocycles. The molecule has 0 bridgehead atoms. The number of rotatable bonds is 10. The van der Waals surface area contributed by atoms with E-state index in [4.69, 9.17) is 4.74 Å². The fourth-order valence-corrected chi connectivity index (χ4v) is 4.86. The number of ether oxygens (including phenoxy) is 1. The number of nitrogens with one attached hydrogen (secondary N) is 2. The summed E-state index contributed by atoms with van der Waals surface area (Å²) in [5, 5.41) is 7.91. The normalized spacial score (nSPS) is 15.9. The number of thiazole rings is 1. The van der Waals surface area contributed by atoms with Crippen molar-refractivity contribution in [2.75, 3.05) is 39.8 Å². The Bertz CT molecular complexity index is 800. The van der Waals surface area contributed by atoms with Crippen molar-refractivity contribution in [3.8, 4) is 0 Å². The van der Waals surface area contributed by atoms with Crippen LogP contribution >= 0.6 is 11.3 Å². The van der Waals surface area contributed by atoms with Crippen molar-refractivity contribution in [2.45, 2.75) is 52.2 Å². The number of aliphatic imine (C=N–C) groups is 1. The van der Waals surface area contributed by atoms with Crippen LogP contribution in [0, 0.1) is 13.8 Å². The lowest BCUT2D eigenvalue weighted by Gasteiger charge is -2.32. The molecule has 3 rings (SSSR count). The molecule has 1 saturated heterocycles. The highest BCUT2D eigenvalue weighted by Crippen LogP contribution is 2.17. The van der Waals surface area contributed by atoms with Gasteiger partial charge < -0.3 is 15.4 Å². The molecule has 2 aromatic rings. The standard InChI is InChI=1S/C24H37N5OS/c1-19-23(31-20(2)28-19)10-14-27-24(25-3)26-13-7-17-30-22-11-15-29(16-12-22)18-21-8-5-4-6-9-21/h4-6,8-9,22H,7,10-18H2,1-3H3,(H2,25,26,27). The Kier molecular flexibility index (Phi) is 9.78. The molecular weight excluding hydrogens is 406 g/mol. The quantitative estimate of drug-likeness (QED) is 0.334. The summed E-state index contributed by atoms with van der Waals surface area (Å²) in [6.07, 6.45) is 4.61. The summed E-state index contributed by atoms with van der Waals surface area (Å²) < 4.78 is 6.12. The molecule has 2 N–H and O–H groups in total. The third kappa shape index (κ3) is 8.24. The molecule has 0 spiro atoms. The van der Waals surface area contributed by atoms with E-state index in [0.717, 1.165) is 81.7 Å². The minimum absolute atomic E-state index is 0.399. The summed E-state index contributed by atoms with van der Waals surface area (Å²) in [6, 6.07) is 10.7. The summed E-state index contributed by atoms with van der Waals surface area (Å²) in [5.74, 6) is 0.855. The van der Waals surface area contributed by atoms with Crippen molar-refractivity contribution in [3.63, 3.8) is 0 Å². The molecule has 1 aromatic heterocycles. The second-order valence-electron chi connectivity index (χ2n) is 8.10. The molecular formula is C24H37N5OS. The number of benzene rings is 1. The Balaban J connectivity index is 1.22. The van der Waals surface area contributed by atoms with Gasteiger partial charge in [0.05, 0.1) is 16.8 Å². The Morgan fingerprint density at radius 2 is 1.90 bits per heavy atom. The summed E-state index contributed by atoms with van der Waals surface area (Å²) in [4.78, 5) is 12.7. The van der Waals surface area contributed by atoms with Gasteiger partial charge in [-0.25, -0.2) is 4.98 Å². The molecule has 1 aliphatic heterocycles. The molecule has 0 unspecified atom stereocenters. The van der Waals surface area contributed by atoms with Crippen LogP contribution in [0.3, 0.4) is 0 Å². The predicted molar refractivity (Wildman–Crippen MR) is 130 cm³/mol. The number of aromatic nitrogens is 1. The fourth-order valence-electron chi connectivity index (χ4n) is 3.93. The lowest BCUT2D eigenvalue weighted by Crippen LogP contribution is -2.39. The maximum atomic E-state index is 6.12. The second kappa shape index (κ2) is 12.8. The van der Waals surface area contributed by atoms with E-state index in [0.29, 0.717) is 6.10 Å². The number of nitrogens with zero attached hydrogens (tertiary/aromatic N) is 3. The lowest BCUT2D eigenvalue weighted by molar-refractivity contribution is 0.00534. The van der Waals surface area contributed by atoms with Crippen LogP contribution < -0.4 is 10.6 Å². The van der Waals surface area contributed by atoms with Crippen molar-refractivity contribution >= 4 is 17.3 Å². The number of aryl methyl sites for hydroxylation is 2. The van der Waals surface area contributed by atoms with Gasteiger partial charge in [-0.1, -0.05) is 30.3 Å². The molecule has 1 fully saturated rings. The van der Waals surface area contributed by atoms with E-state index < -0.39 is 0 Å². The summed E-state index contributed by atoms with van der Waals surface area (Å²) in [6.45, 7) is 9.95. The minimum Gasteiger partial charge on any atom is -0.378 e. The van der Waals surface area contributed by atoms with Gasteiger partial charge in [0, 0.05) is 57.7 Å². The van der Waals surface area contributed by atoms with Crippen molar-refractivity contribution in [3.05, 3.63) is 51.5 Å². The van der Waals surface area contributed by atoms with E-state index in [1.807, 2.05) is 7.05 Å². The van der Waals surface area contributed by atoms with Crippen molar-refractivity contribution < 1.29 is 4.74 Å². The van der Waals surface area contributed by atoms with Crippen LogP contribution in [0.4, 0.5) is 0 Å². The Morgan fingerprint density at radius 3 is 2.58 bits per heavy atom. The molecule has 0 amide bonds. The van der Waals surface area contributed by atoms with Gasteiger partial charge in [-0.15, -0.1) is 11.3 Å². The molecule has 1 aliphatic rings. The molecule has 0 radical (unpaired) electrons. The third-order valence-electron chi connectivity index (χ3n) is 5.62. The van der Waals surface area contributed by atoms with Crippen LogP contribution in [0.15, 0.2) is 35.3 Å². The highest BCUT2D eigenvalue weighted by atomic mass is 32.1. The van der Waals surface area contributed by atoms with Crippen LogP contribution in [0.5, 0.6) is 0 Å². The first-order chi connectivity index (χ1) is 15.1. The smallest absolute Gasteiger partial charge is 0.190 e. The van der Waals surface area contributed by atoms with Crippen molar-refractivity contribution in [1.29, 1.82) is 0 Å². The van der Waals surface area contributed by atoms with E-state index in [-0.39, 0.29) is 0 Å². The first kappa shape index (κ1) is 23.7. The first-order valence-corrected chi connectivity index (χ1v) is 12.2. The van der Waals surface area contributed by atoms with Crippen molar-refractivity contribution in [1.82, 2.24) is 20.5 Å². The Hall–Kier alpha value is -1.96. The van der Waals surface area contributed by atoms with Gasteiger partial charge in [-0.05, 0) is 38.7 Å². The molecule has 0 atom stereocenters. The molecule has 6 nitrogen and oxygen atoms in total. The van der Waals surface area contributed by atoms with Crippen LogP contribution in [0.1, 0.15) is 40.4 Å². The summed E-state index contributed by atoms with van der Waals surface area (Å²) >= 11 is 1.78. The van der Waals surface area contributed by atoms with Gasteiger partial charge in [-0.3, -0.25) is 9.89 Å². The maximum absolute atomic E-state index is 6.12. The number of guanidine groups is 1. The summed E-state index contributed by atoms with van der Waals surface area (Å²) in [5.41, 5.74) is 2.54. The predicted octanol–water partition coefficient (Wildman–Crippen LogP) is 3.54. The number of likely N-dealkylation sites (tertiary alicyclic amines) is 1. The molecule has 0 aliphatic carbocycles.